The number of hydrogen-bond donors (Lipinski definition) is 1. The molecule has 2 aliphatic heterocycles. The second kappa shape index (κ2) is 9.45. The molecule has 1 N–H and O–H groups in total. The molecule has 0 aromatic heterocycles. The lowest BCUT2D eigenvalue weighted by molar-refractivity contribution is -0.146. The van der Waals surface area contributed by atoms with Crippen molar-refractivity contribution >= 4 is 35.9 Å². The van der Waals surface area contributed by atoms with Gasteiger partial charge >= 0.3 is 5.97 Å². The maximum atomic E-state index is 11.5. The summed E-state index contributed by atoms with van der Waals surface area (Å²) in [6, 6.07) is 0. The predicted molar refractivity (Wildman–Crippen MR) is 92.1 cm³/mol. The van der Waals surface area contributed by atoms with Crippen molar-refractivity contribution in [2.75, 3.05) is 40.4 Å². The van der Waals surface area contributed by atoms with Gasteiger partial charge in [0.25, 0.3) is 0 Å². The SMILES string of the molecule is CN=C(NCC1CCCO1)N1CCC(C(=O)OC)CC1.I. The van der Waals surface area contributed by atoms with Crippen LogP contribution >= 0.6 is 24.0 Å². The zero-order valence-electron chi connectivity index (χ0n) is 12.8. The van der Waals surface area contributed by atoms with Crippen LogP contribution < -0.4 is 5.32 Å². The van der Waals surface area contributed by atoms with Crippen LogP contribution in [0.2, 0.25) is 0 Å². The van der Waals surface area contributed by atoms with Crippen LogP contribution in [0.4, 0.5) is 0 Å². The molecule has 0 saturated carbocycles. The van der Waals surface area contributed by atoms with Crippen molar-refractivity contribution in [3.05, 3.63) is 0 Å². The number of halogens is 1. The average molecular weight is 411 g/mol. The number of nitrogens with one attached hydrogen (secondary N) is 1. The Labute approximate surface area is 143 Å². The van der Waals surface area contributed by atoms with Gasteiger partial charge in [-0.15, -0.1) is 24.0 Å². The molecule has 2 rings (SSSR count). The second-order valence-corrected chi connectivity index (χ2v) is 5.35. The van der Waals surface area contributed by atoms with Gasteiger partial charge in [-0.05, 0) is 25.7 Å². The van der Waals surface area contributed by atoms with E-state index in [1.807, 2.05) is 0 Å². The van der Waals surface area contributed by atoms with Crippen molar-refractivity contribution < 1.29 is 14.3 Å². The van der Waals surface area contributed by atoms with Crippen LogP contribution in [0.1, 0.15) is 25.7 Å². The molecule has 2 saturated heterocycles. The number of ether oxygens (including phenoxy) is 2. The average Bonchev–Trinajstić information content (AvgIpc) is 3.01. The number of esters is 1. The van der Waals surface area contributed by atoms with Gasteiger partial charge in [0.15, 0.2) is 5.96 Å². The Morgan fingerprint density at radius 1 is 1.38 bits per heavy atom. The van der Waals surface area contributed by atoms with Crippen molar-refractivity contribution in [1.29, 1.82) is 0 Å². The van der Waals surface area contributed by atoms with Gasteiger partial charge in [0.1, 0.15) is 0 Å². The number of carbonyl (C=O) groups is 1. The van der Waals surface area contributed by atoms with E-state index in [4.69, 9.17) is 9.47 Å². The zero-order chi connectivity index (χ0) is 14.4. The number of likely N-dealkylation sites (tertiary alicyclic amines) is 1. The normalized spacial score (nSPS) is 23.6. The first-order valence-electron chi connectivity index (χ1n) is 7.39. The number of rotatable bonds is 3. The molecule has 1 unspecified atom stereocenters. The number of carbonyl (C=O) groups excluding carboxylic acids is 1. The summed E-state index contributed by atoms with van der Waals surface area (Å²) < 4.78 is 10.4. The molecular weight excluding hydrogens is 385 g/mol. The van der Waals surface area contributed by atoms with Crippen LogP contribution in [0.3, 0.4) is 0 Å². The van der Waals surface area contributed by atoms with Crippen LogP contribution in [-0.2, 0) is 14.3 Å². The molecule has 1 atom stereocenters. The maximum absolute atomic E-state index is 11.5. The van der Waals surface area contributed by atoms with E-state index < -0.39 is 0 Å². The Morgan fingerprint density at radius 3 is 2.62 bits per heavy atom. The van der Waals surface area contributed by atoms with E-state index in [1.54, 1.807) is 7.05 Å². The van der Waals surface area contributed by atoms with Crippen LogP contribution in [0.15, 0.2) is 4.99 Å². The van der Waals surface area contributed by atoms with Crippen molar-refractivity contribution in [2.24, 2.45) is 10.9 Å². The highest BCUT2D eigenvalue weighted by Gasteiger charge is 2.27. The van der Waals surface area contributed by atoms with E-state index in [0.29, 0.717) is 6.10 Å². The summed E-state index contributed by atoms with van der Waals surface area (Å²) >= 11 is 0. The van der Waals surface area contributed by atoms with Gasteiger partial charge < -0.3 is 19.7 Å². The number of methoxy groups -OCH3 is 1. The molecule has 0 bridgehead atoms. The summed E-state index contributed by atoms with van der Waals surface area (Å²) in [4.78, 5) is 18.0. The Balaban J connectivity index is 0.00000220. The van der Waals surface area contributed by atoms with E-state index in [0.717, 1.165) is 57.9 Å². The Kier molecular flexibility index (Phi) is 8.31. The van der Waals surface area contributed by atoms with Crippen molar-refractivity contribution in [3.63, 3.8) is 0 Å². The molecule has 2 aliphatic rings. The number of aliphatic imine (C=N–C) groups is 1. The summed E-state index contributed by atoms with van der Waals surface area (Å²) in [7, 11) is 3.25. The summed E-state index contributed by atoms with van der Waals surface area (Å²) in [5.74, 6) is 0.850. The van der Waals surface area contributed by atoms with Gasteiger partial charge in [-0.25, -0.2) is 0 Å². The lowest BCUT2D eigenvalue weighted by atomic mass is 9.97. The van der Waals surface area contributed by atoms with Gasteiger partial charge in [-0.3, -0.25) is 9.79 Å². The van der Waals surface area contributed by atoms with Crippen molar-refractivity contribution in [3.8, 4) is 0 Å². The molecule has 0 aliphatic carbocycles. The first-order valence-corrected chi connectivity index (χ1v) is 7.39. The Bertz CT molecular complexity index is 351. The summed E-state index contributed by atoms with van der Waals surface area (Å²) in [5, 5.41) is 3.37. The molecule has 0 aromatic rings. The lowest BCUT2D eigenvalue weighted by Crippen LogP contribution is -2.48. The molecule has 0 aromatic carbocycles. The molecule has 0 radical (unpaired) electrons. The minimum Gasteiger partial charge on any atom is -0.469 e. The van der Waals surface area contributed by atoms with Crippen LogP contribution in [-0.4, -0.2) is 63.3 Å². The standard InChI is InChI=1S/C14H25N3O3.HI/c1-15-14(16-10-12-4-3-9-20-12)17-7-5-11(6-8-17)13(18)19-2;/h11-12H,3-10H2,1-2H3,(H,15,16);1H. The topological polar surface area (TPSA) is 63.2 Å². The van der Waals surface area contributed by atoms with Gasteiger partial charge in [0, 0.05) is 33.3 Å². The molecule has 7 heteroatoms. The number of hydrogen-bond acceptors (Lipinski definition) is 4. The van der Waals surface area contributed by atoms with E-state index in [2.05, 4.69) is 15.2 Å². The number of piperidine rings is 1. The quantitative estimate of drug-likeness (QED) is 0.328. The van der Waals surface area contributed by atoms with Crippen LogP contribution in [0.5, 0.6) is 0 Å². The molecule has 122 valence electrons. The highest BCUT2D eigenvalue weighted by Crippen LogP contribution is 2.18. The maximum Gasteiger partial charge on any atom is 0.308 e. The third-order valence-electron chi connectivity index (χ3n) is 4.05. The third kappa shape index (κ3) is 5.28. The van der Waals surface area contributed by atoms with E-state index in [1.165, 1.54) is 7.11 Å². The number of nitrogens with zero attached hydrogens (tertiary/aromatic N) is 2. The van der Waals surface area contributed by atoms with Gasteiger partial charge in [0.2, 0.25) is 0 Å². The van der Waals surface area contributed by atoms with E-state index in [9.17, 15) is 4.79 Å². The molecule has 2 fully saturated rings. The second-order valence-electron chi connectivity index (χ2n) is 5.35. The molecule has 2 heterocycles. The Morgan fingerprint density at radius 2 is 2.10 bits per heavy atom. The van der Waals surface area contributed by atoms with Crippen LogP contribution in [0.25, 0.3) is 0 Å². The fourth-order valence-electron chi connectivity index (χ4n) is 2.84. The molecule has 0 amide bonds. The number of guanidine groups is 1. The van der Waals surface area contributed by atoms with Gasteiger partial charge in [0.05, 0.1) is 19.1 Å². The van der Waals surface area contributed by atoms with Gasteiger partial charge in [-0.2, -0.15) is 0 Å². The first-order chi connectivity index (χ1) is 9.74. The first kappa shape index (κ1) is 18.5. The predicted octanol–water partition coefficient (Wildman–Crippen LogP) is 1.24. The minimum atomic E-state index is -0.0908. The smallest absolute Gasteiger partial charge is 0.308 e. The highest BCUT2D eigenvalue weighted by atomic mass is 127. The van der Waals surface area contributed by atoms with Gasteiger partial charge in [-0.1, -0.05) is 0 Å². The molecule has 0 spiro atoms. The molecule has 6 nitrogen and oxygen atoms in total. The van der Waals surface area contributed by atoms with E-state index in [-0.39, 0.29) is 35.9 Å². The molecule has 21 heavy (non-hydrogen) atoms. The summed E-state index contributed by atoms with van der Waals surface area (Å²) in [6.45, 7) is 3.36. The zero-order valence-corrected chi connectivity index (χ0v) is 15.2. The fraction of sp³-hybridized carbons (Fsp3) is 0.857. The third-order valence-corrected chi connectivity index (χ3v) is 4.05. The highest BCUT2D eigenvalue weighted by molar-refractivity contribution is 14.0. The van der Waals surface area contributed by atoms with Crippen molar-refractivity contribution in [1.82, 2.24) is 10.2 Å². The van der Waals surface area contributed by atoms with Crippen molar-refractivity contribution in [2.45, 2.75) is 31.8 Å². The Hall–Kier alpha value is -0.570. The molecular formula is C14H26IN3O3. The largest absolute Gasteiger partial charge is 0.469 e. The monoisotopic (exact) mass is 411 g/mol. The fourth-order valence-corrected chi connectivity index (χ4v) is 2.84. The minimum absolute atomic E-state index is 0. The summed E-state index contributed by atoms with van der Waals surface area (Å²) in [6.07, 6.45) is 4.23. The summed E-state index contributed by atoms with van der Waals surface area (Å²) in [5.41, 5.74) is 0. The van der Waals surface area contributed by atoms with Crippen LogP contribution in [0, 0.1) is 5.92 Å². The van der Waals surface area contributed by atoms with E-state index >= 15 is 0 Å². The lowest BCUT2D eigenvalue weighted by Gasteiger charge is -2.33.